The Morgan fingerprint density at radius 3 is 2.02 bits per heavy atom. The van der Waals surface area contributed by atoms with Crippen LogP contribution in [0.15, 0.2) is 152 Å². The van der Waals surface area contributed by atoms with E-state index in [2.05, 4.69) is 140 Å². The molecule has 0 spiro atoms. The van der Waals surface area contributed by atoms with Crippen molar-refractivity contribution in [3.63, 3.8) is 0 Å². The molecule has 3 heterocycles. The molecule has 5 nitrogen and oxygen atoms in total. The Kier molecular flexibility index (Phi) is 11.5. The van der Waals surface area contributed by atoms with Crippen molar-refractivity contribution >= 4 is 44.6 Å². The molecule has 0 N–H and O–H groups in total. The summed E-state index contributed by atoms with van der Waals surface area (Å²) in [6, 6.07) is 54.2. The number of para-hydroxylation sites is 4. The number of anilines is 4. The van der Waals surface area contributed by atoms with Crippen molar-refractivity contribution in [1.82, 2.24) is 9.55 Å². The fourth-order valence-corrected chi connectivity index (χ4v) is 8.90. The van der Waals surface area contributed by atoms with Gasteiger partial charge in [0.05, 0.1) is 0 Å². The Labute approximate surface area is 387 Å². The van der Waals surface area contributed by atoms with Crippen LogP contribution in [0.4, 0.5) is 31.5 Å². The molecule has 8 heteroatoms. The van der Waals surface area contributed by atoms with Gasteiger partial charge in [-0.3, -0.25) is 0 Å². The number of aromatic nitrogens is 2. The van der Waals surface area contributed by atoms with Gasteiger partial charge in [-0.2, -0.15) is 6.07 Å². The predicted molar refractivity (Wildman–Crippen MR) is 252 cm³/mol. The van der Waals surface area contributed by atoms with Crippen LogP contribution in [0, 0.1) is 30.4 Å². The molecule has 0 amide bonds. The zero-order valence-corrected chi connectivity index (χ0v) is 38.5. The van der Waals surface area contributed by atoms with Crippen LogP contribution in [-0.4, -0.2) is 9.55 Å². The van der Waals surface area contributed by atoms with E-state index in [1.54, 1.807) is 0 Å². The van der Waals surface area contributed by atoms with Crippen molar-refractivity contribution in [2.24, 2.45) is 0 Å². The largest absolute Gasteiger partial charge is 0.509 e. The van der Waals surface area contributed by atoms with Gasteiger partial charge in [0.1, 0.15) is 17.5 Å². The van der Waals surface area contributed by atoms with Crippen LogP contribution in [0.25, 0.3) is 49.9 Å². The first kappa shape index (κ1) is 42.7. The summed E-state index contributed by atoms with van der Waals surface area (Å²) in [7, 11) is 0. The van der Waals surface area contributed by atoms with E-state index in [9.17, 15) is 8.78 Å². The van der Waals surface area contributed by atoms with Gasteiger partial charge in [-0.1, -0.05) is 107 Å². The summed E-state index contributed by atoms with van der Waals surface area (Å²) in [4.78, 5) is 9.04. The fraction of sp³-hybridized carbons (Fsp3) is 0.143. The van der Waals surface area contributed by atoms with Crippen molar-refractivity contribution in [2.45, 2.75) is 52.9 Å². The summed E-state index contributed by atoms with van der Waals surface area (Å²) in [5, 5.41) is 2.16. The molecule has 322 valence electrons. The number of hydrogen-bond acceptors (Lipinski definition) is 4. The number of nitrogens with zero attached hydrogens (tertiary/aromatic N) is 4. The second-order valence-corrected chi connectivity index (χ2v) is 17.0. The van der Waals surface area contributed by atoms with E-state index in [4.69, 9.17) is 9.72 Å². The van der Waals surface area contributed by atoms with Crippen LogP contribution in [0.1, 0.15) is 51.3 Å². The SMILES string of the molecule is CCc1cccc(CC)c1-c1cc(Oc2[c-]c3c(cc2)c2ccccc2n3-c2cc(C(C)(C)C)ccn2)[c-]c(N2[CH-]N(c3ccccc3-c3cc(F)cc(F)c3)c3ccccc32)c1.[Pt]. The maximum absolute atomic E-state index is 14.6. The predicted octanol–water partition coefficient (Wildman–Crippen LogP) is 15.0. The Hall–Kier alpha value is -6.56. The second-order valence-electron chi connectivity index (χ2n) is 17.0. The van der Waals surface area contributed by atoms with E-state index in [1.165, 1.54) is 34.4 Å². The molecule has 0 bridgehead atoms. The summed E-state index contributed by atoms with van der Waals surface area (Å²) in [6.45, 7) is 13.0. The first-order valence-corrected chi connectivity index (χ1v) is 21.4. The van der Waals surface area contributed by atoms with E-state index in [1.807, 2.05) is 61.4 Å². The second kappa shape index (κ2) is 17.2. The van der Waals surface area contributed by atoms with Crippen LogP contribution >= 0.6 is 0 Å². The third kappa shape index (κ3) is 7.77. The van der Waals surface area contributed by atoms with Gasteiger partial charge in [0.25, 0.3) is 0 Å². The van der Waals surface area contributed by atoms with Gasteiger partial charge in [-0.15, -0.1) is 53.6 Å². The smallest absolute Gasteiger partial charge is 0.135 e. The number of ether oxygens (including phenoxy) is 1. The quantitative estimate of drug-likeness (QED) is 0.135. The first-order valence-electron chi connectivity index (χ1n) is 21.4. The van der Waals surface area contributed by atoms with Crippen molar-refractivity contribution in [2.75, 3.05) is 9.80 Å². The molecule has 64 heavy (non-hydrogen) atoms. The number of hydrogen-bond donors (Lipinski definition) is 0. The zero-order chi connectivity index (χ0) is 43.4. The normalized spacial score (nSPS) is 12.5. The fourth-order valence-electron chi connectivity index (χ4n) is 8.90. The average molecular weight is 1020 g/mol. The summed E-state index contributed by atoms with van der Waals surface area (Å²) < 4.78 is 38.3. The molecule has 0 atom stereocenters. The van der Waals surface area contributed by atoms with E-state index in [0.29, 0.717) is 22.6 Å². The molecular weight excluding hydrogens is 978 g/mol. The van der Waals surface area contributed by atoms with Gasteiger partial charge in [0.15, 0.2) is 0 Å². The van der Waals surface area contributed by atoms with Crippen LogP contribution < -0.4 is 14.5 Å². The molecule has 2 aromatic heterocycles. The van der Waals surface area contributed by atoms with Crippen molar-refractivity contribution < 1.29 is 34.6 Å². The van der Waals surface area contributed by atoms with Gasteiger partial charge in [0, 0.05) is 73.0 Å². The minimum absolute atomic E-state index is 0. The van der Waals surface area contributed by atoms with Gasteiger partial charge in [-0.05, 0) is 100.0 Å². The van der Waals surface area contributed by atoms with Gasteiger partial charge in [-0.25, -0.2) is 13.8 Å². The minimum Gasteiger partial charge on any atom is -0.509 e. The van der Waals surface area contributed by atoms with Crippen LogP contribution in [0.3, 0.4) is 0 Å². The number of fused-ring (bicyclic) bond motifs is 4. The van der Waals surface area contributed by atoms with Crippen molar-refractivity contribution in [3.8, 4) is 39.6 Å². The van der Waals surface area contributed by atoms with Crippen molar-refractivity contribution in [1.29, 1.82) is 0 Å². The third-order valence-corrected chi connectivity index (χ3v) is 12.0. The number of pyridine rings is 1. The molecule has 0 unspecified atom stereocenters. The molecule has 0 saturated heterocycles. The Morgan fingerprint density at radius 1 is 0.625 bits per heavy atom. The topological polar surface area (TPSA) is 33.5 Å². The van der Waals surface area contributed by atoms with E-state index >= 15 is 0 Å². The van der Waals surface area contributed by atoms with Gasteiger partial charge in [0.2, 0.25) is 0 Å². The molecule has 1 aliphatic rings. The summed E-state index contributed by atoms with van der Waals surface area (Å²) in [6.07, 6.45) is 3.60. The molecule has 10 rings (SSSR count). The van der Waals surface area contributed by atoms with Crippen LogP contribution in [0.2, 0.25) is 0 Å². The molecule has 7 aromatic carbocycles. The molecule has 0 radical (unpaired) electrons. The Bertz CT molecular complexity index is 3160. The molecule has 0 saturated carbocycles. The zero-order valence-electron chi connectivity index (χ0n) is 36.2. The van der Waals surface area contributed by atoms with E-state index < -0.39 is 11.6 Å². The Balaban J connectivity index is 0.00000518. The third-order valence-electron chi connectivity index (χ3n) is 12.0. The average Bonchev–Trinajstić information content (AvgIpc) is 3.84. The summed E-state index contributed by atoms with van der Waals surface area (Å²) in [5.74, 6) is 0.629. The Morgan fingerprint density at radius 2 is 1.30 bits per heavy atom. The van der Waals surface area contributed by atoms with Crippen LogP contribution in [-0.2, 0) is 39.3 Å². The molecular formula is C56H45F2N4OPt-3. The number of benzene rings is 7. The van der Waals surface area contributed by atoms with Crippen molar-refractivity contribution in [3.05, 3.63) is 199 Å². The van der Waals surface area contributed by atoms with E-state index in [-0.39, 0.29) is 26.5 Å². The maximum atomic E-state index is 14.6. The number of aryl methyl sites for hydroxylation is 2. The number of rotatable bonds is 9. The monoisotopic (exact) mass is 1020 g/mol. The van der Waals surface area contributed by atoms with Crippen LogP contribution in [0.5, 0.6) is 11.5 Å². The molecule has 0 aliphatic carbocycles. The van der Waals surface area contributed by atoms with Gasteiger partial charge < -0.3 is 19.1 Å². The first-order chi connectivity index (χ1) is 30.6. The summed E-state index contributed by atoms with van der Waals surface area (Å²) >= 11 is 0. The molecule has 0 fully saturated rings. The molecule has 1 aliphatic heterocycles. The van der Waals surface area contributed by atoms with E-state index in [0.717, 1.165) is 74.8 Å². The standard InChI is InChI=1S/C56H45F2N4O.Pt/c1-6-36-15-14-16-37(7-2)55(36)39-29-43(60-35-61(52-22-13-12-21-51(52)60)49-19-10-8-17-46(49)38-27-41(57)32-42(58)28-38)33-45(30-39)63-44-23-24-48-47-18-9-11-20-50(47)62(53(48)34-44)54-31-40(25-26-59-54)56(3,4)5;/h8-32,35H,6-7H2,1-5H3;/q-3;. The summed E-state index contributed by atoms with van der Waals surface area (Å²) in [5.41, 5.74) is 12.2. The molecule has 9 aromatic rings. The van der Waals surface area contributed by atoms with Gasteiger partial charge >= 0.3 is 0 Å². The maximum Gasteiger partial charge on any atom is 0.135 e. The number of halogens is 2. The minimum atomic E-state index is -0.630.